The first-order valence-corrected chi connectivity index (χ1v) is 5.18. The van der Waals surface area contributed by atoms with E-state index in [0.29, 0.717) is 11.3 Å². The number of halogens is 1. The molecule has 76 valence electrons. The lowest BCUT2D eigenvalue weighted by molar-refractivity contribution is 0.201. The summed E-state index contributed by atoms with van der Waals surface area (Å²) >= 11 is 8.19. The van der Waals surface area contributed by atoms with Gasteiger partial charge >= 0.3 is 0 Å². The minimum atomic E-state index is -0.0349. The van der Waals surface area contributed by atoms with Gasteiger partial charge in [0, 0.05) is 4.47 Å². The molecule has 0 unspecified atom stereocenters. The van der Waals surface area contributed by atoms with Crippen LogP contribution in [-0.4, -0.2) is 23.3 Å². The molecule has 1 aromatic carbocycles. The number of hydrogen-bond donors (Lipinski definition) is 2. The predicted molar refractivity (Wildman–Crippen MR) is 62.6 cm³/mol. The molecule has 3 N–H and O–H groups in total. The molecule has 1 aromatic rings. The molecule has 0 spiro atoms. The second kappa shape index (κ2) is 5.29. The fourth-order valence-electron chi connectivity index (χ4n) is 0.976. The van der Waals surface area contributed by atoms with Gasteiger partial charge in [-0.25, -0.2) is 0 Å². The molecule has 0 saturated carbocycles. The highest BCUT2D eigenvalue weighted by molar-refractivity contribution is 9.10. The van der Waals surface area contributed by atoms with Crippen LogP contribution in [0, 0.1) is 0 Å². The summed E-state index contributed by atoms with van der Waals surface area (Å²) in [5.74, 6) is 0.592. The van der Waals surface area contributed by atoms with Gasteiger partial charge in [-0.1, -0.05) is 28.1 Å². The van der Waals surface area contributed by atoms with E-state index in [-0.39, 0.29) is 18.2 Å². The zero-order valence-corrected chi connectivity index (χ0v) is 9.77. The van der Waals surface area contributed by atoms with Gasteiger partial charge in [-0.05, 0) is 18.2 Å². The molecule has 1 rings (SSSR count). The van der Waals surface area contributed by atoms with Gasteiger partial charge in [0.25, 0.3) is 0 Å². The molecule has 0 aliphatic heterocycles. The third kappa shape index (κ3) is 2.94. The summed E-state index contributed by atoms with van der Waals surface area (Å²) in [6.07, 6.45) is 0. The van der Waals surface area contributed by atoms with E-state index in [1.165, 1.54) is 0 Å². The maximum atomic E-state index is 8.61. The molecule has 0 heterocycles. The molecule has 0 fully saturated rings. The Morgan fingerprint density at radius 3 is 2.86 bits per heavy atom. The topological polar surface area (TPSA) is 55.5 Å². The number of aliphatic hydroxyl groups excluding tert-OH is 1. The van der Waals surface area contributed by atoms with Crippen LogP contribution in [0.25, 0.3) is 0 Å². The molecule has 0 aliphatic rings. The monoisotopic (exact) mass is 275 g/mol. The summed E-state index contributed by atoms with van der Waals surface area (Å²) in [5, 5.41) is 8.61. The number of aliphatic hydroxyl groups is 1. The molecule has 0 amide bonds. The lowest BCUT2D eigenvalue weighted by Crippen LogP contribution is -2.13. The SMILES string of the molecule is NC(=S)c1cc(Br)ccc1OCCO. The first kappa shape index (κ1) is 11.4. The molecule has 0 aromatic heterocycles. The molecule has 14 heavy (non-hydrogen) atoms. The van der Waals surface area contributed by atoms with Crippen LogP contribution in [0.5, 0.6) is 5.75 Å². The standard InChI is InChI=1S/C9H10BrNO2S/c10-6-1-2-8(13-4-3-12)7(5-6)9(11)14/h1-2,5,12H,3-4H2,(H2,11,14). The summed E-state index contributed by atoms with van der Waals surface area (Å²) in [6, 6.07) is 5.37. The third-order valence-corrected chi connectivity index (χ3v) is 2.27. The van der Waals surface area contributed by atoms with Gasteiger partial charge in [0.1, 0.15) is 17.3 Å². The molecular formula is C9H10BrNO2S. The second-order valence-corrected chi connectivity index (χ2v) is 3.93. The highest BCUT2D eigenvalue weighted by Gasteiger charge is 2.06. The van der Waals surface area contributed by atoms with Gasteiger partial charge in [-0.3, -0.25) is 0 Å². The number of nitrogens with two attached hydrogens (primary N) is 1. The lowest BCUT2D eigenvalue weighted by Gasteiger charge is -2.09. The van der Waals surface area contributed by atoms with Gasteiger partial charge in [0.05, 0.1) is 12.2 Å². The number of ether oxygens (including phenoxy) is 1. The van der Waals surface area contributed by atoms with E-state index >= 15 is 0 Å². The number of rotatable bonds is 4. The van der Waals surface area contributed by atoms with Crippen molar-refractivity contribution in [1.82, 2.24) is 0 Å². The summed E-state index contributed by atoms with van der Waals surface area (Å²) < 4.78 is 6.15. The molecule has 0 atom stereocenters. The van der Waals surface area contributed by atoms with Crippen LogP contribution in [0.3, 0.4) is 0 Å². The Labute approximate surface area is 96.0 Å². The van der Waals surface area contributed by atoms with Crippen LogP contribution < -0.4 is 10.5 Å². The van der Waals surface area contributed by atoms with E-state index in [4.69, 9.17) is 27.8 Å². The Kier molecular flexibility index (Phi) is 4.31. The van der Waals surface area contributed by atoms with Crippen molar-refractivity contribution >= 4 is 33.1 Å². The Hall–Kier alpha value is -0.650. The van der Waals surface area contributed by atoms with Crippen LogP contribution in [0.2, 0.25) is 0 Å². The largest absolute Gasteiger partial charge is 0.490 e. The van der Waals surface area contributed by atoms with Crippen LogP contribution >= 0.6 is 28.1 Å². The molecule has 0 saturated heterocycles. The Morgan fingerprint density at radius 1 is 1.57 bits per heavy atom. The van der Waals surface area contributed by atoms with Crippen molar-refractivity contribution in [2.24, 2.45) is 5.73 Å². The second-order valence-electron chi connectivity index (χ2n) is 2.58. The van der Waals surface area contributed by atoms with Crippen molar-refractivity contribution in [3.63, 3.8) is 0 Å². The van der Waals surface area contributed by atoms with Crippen molar-refractivity contribution in [3.8, 4) is 5.75 Å². The number of benzene rings is 1. The van der Waals surface area contributed by atoms with Crippen molar-refractivity contribution in [2.75, 3.05) is 13.2 Å². The Balaban J connectivity index is 2.96. The van der Waals surface area contributed by atoms with E-state index < -0.39 is 0 Å². The molecule has 0 aliphatic carbocycles. The summed E-state index contributed by atoms with van der Waals surface area (Å²) in [5.41, 5.74) is 6.19. The van der Waals surface area contributed by atoms with Gasteiger partial charge in [0.15, 0.2) is 0 Å². The van der Waals surface area contributed by atoms with E-state index in [1.807, 2.05) is 6.07 Å². The summed E-state index contributed by atoms with van der Waals surface area (Å²) in [4.78, 5) is 0.277. The number of hydrogen-bond acceptors (Lipinski definition) is 3. The highest BCUT2D eigenvalue weighted by atomic mass is 79.9. The highest BCUT2D eigenvalue weighted by Crippen LogP contribution is 2.22. The lowest BCUT2D eigenvalue weighted by atomic mass is 10.2. The molecular weight excluding hydrogens is 266 g/mol. The van der Waals surface area contributed by atoms with Crippen LogP contribution in [0.15, 0.2) is 22.7 Å². The summed E-state index contributed by atoms with van der Waals surface area (Å²) in [6.45, 7) is 0.198. The van der Waals surface area contributed by atoms with E-state index in [2.05, 4.69) is 15.9 Å². The predicted octanol–water partition coefficient (Wildman–Crippen LogP) is 1.45. The average Bonchev–Trinajstić information content (AvgIpc) is 2.15. The minimum Gasteiger partial charge on any atom is -0.490 e. The van der Waals surface area contributed by atoms with Crippen molar-refractivity contribution < 1.29 is 9.84 Å². The number of thiocarbonyl (C=S) groups is 1. The molecule has 0 radical (unpaired) electrons. The normalized spacial score (nSPS) is 9.86. The van der Waals surface area contributed by atoms with E-state index in [9.17, 15) is 0 Å². The maximum absolute atomic E-state index is 8.61. The zero-order chi connectivity index (χ0) is 10.6. The van der Waals surface area contributed by atoms with E-state index in [0.717, 1.165) is 4.47 Å². The fourth-order valence-corrected chi connectivity index (χ4v) is 1.50. The van der Waals surface area contributed by atoms with Crippen LogP contribution in [-0.2, 0) is 0 Å². The quantitative estimate of drug-likeness (QED) is 0.817. The minimum absolute atomic E-state index is 0.0349. The molecule has 3 nitrogen and oxygen atoms in total. The molecule has 5 heteroatoms. The average molecular weight is 276 g/mol. The van der Waals surface area contributed by atoms with Gasteiger partial charge in [-0.15, -0.1) is 0 Å². The van der Waals surface area contributed by atoms with Crippen LogP contribution in [0.1, 0.15) is 5.56 Å². The summed E-state index contributed by atoms with van der Waals surface area (Å²) in [7, 11) is 0. The van der Waals surface area contributed by atoms with Gasteiger partial charge in [-0.2, -0.15) is 0 Å². The zero-order valence-electron chi connectivity index (χ0n) is 7.37. The fraction of sp³-hybridized carbons (Fsp3) is 0.222. The first-order chi connectivity index (χ1) is 6.65. The van der Waals surface area contributed by atoms with Crippen molar-refractivity contribution in [2.45, 2.75) is 0 Å². The Bertz CT molecular complexity index is 344. The van der Waals surface area contributed by atoms with E-state index in [1.54, 1.807) is 12.1 Å². The first-order valence-electron chi connectivity index (χ1n) is 3.98. The van der Waals surface area contributed by atoms with Crippen LogP contribution in [0.4, 0.5) is 0 Å². The van der Waals surface area contributed by atoms with Crippen molar-refractivity contribution in [3.05, 3.63) is 28.2 Å². The smallest absolute Gasteiger partial charge is 0.129 e. The van der Waals surface area contributed by atoms with Crippen molar-refractivity contribution in [1.29, 1.82) is 0 Å². The third-order valence-electron chi connectivity index (χ3n) is 1.56. The molecule has 0 bridgehead atoms. The Morgan fingerprint density at radius 2 is 2.29 bits per heavy atom. The van der Waals surface area contributed by atoms with Gasteiger partial charge < -0.3 is 15.6 Å². The van der Waals surface area contributed by atoms with Gasteiger partial charge in [0.2, 0.25) is 0 Å². The maximum Gasteiger partial charge on any atom is 0.129 e.